The van der Waals surface area contributed by atoms with Crippen LogP contribution in [0.15, 0.2) is 150 Å². The zero-order valence-electron chi connectivity index (χ0n) is 27.4. The molecule has 1 radical (unpaired) electrons. The van der Waals surface area contributed by atoms with Gasteiger partial charge in [0.25, 0.3) is 0 Å². The maximum Gasteiger partial charge on any atom is 0.120 e. The minimum atomic E-state index is -1.28. The molecule has 4 nitrogen and oxygen atoms in total. The van der Waals surface area contributed by atoms with Crippen LogP contribution < -0.4 is 5.19 Å². The normalized spacial score (nSPS) is 11.4. The molecule has 0 spiro atoms. The summed E-state index contributed by atoms with van der Waals surface area (Å²) in [7, 11) is -1.28. The van der Waals surface area contributed by atoms with E-state index in [9.17, 15) is 0 Å². The first-order valence-electron chi connectivity index (χ1n) is 16.2. The number of imidazole rings is 1. The Bertz CT molecular complexity index is 2540. The van der Waals surface area contributed by atoms with Crippen LogP contribution in [0.25, 0.3) is 72.1 Å². The Hall–Kier alpha value is -5.13. The fraction of sp³-hybridized carbons (Fsp3) is 0.0698. The average Bonchev–Trinajstić information content (AvgIpc) is 3.71. The summed E-state index contributed by atoms with van der Waals surface area (Å²) in [6.07, 6.45) is 2.04. The molecule has 6 aromatic carbocycles. The Morgan fingerprint density at radius 3 is 2.12 bits per heavy atom. The quantitative estimate of drug-likeness (QED) is 0.131. The first-order valence-corrected chi connectivity index (χ1v) is 19.7. The average molecular weight is 828 g/mol. The monoisotopic (exact) mass is 828 g/mol. The third-order valence-electron chi connectivity index (χ3n) is 8.74. The number of hydrogen-bond donors (Lipinski definition) is 0. The van der Waals surface area contributed by atoms with Crippen LogP contribution in [0, 0.1) is 12.1 Å². The van der Waals surface area contributed by atoms with Crippen molar-refractivity contribution in [2.75, 3.05) is 0 Å². The van der Waals surface area contributed by atoms with Crippen molar-refractivity contribution in [1.82, 2.24) is 14.5 Å². The first kappa shape index (κ1) is 32.4. The SMILES string of the molecule is C[Si](C)(C)c1ccc(-c2[c-]ccc3ccccc23)nc1.[Ir].[c-]1ccc2c(oc3ccccc32)c1-c1nc2ccccc2n1-c1ccccc1. The van der Waals surface area contributed by atoms with E-state index in [0.29, 0.717) is 0 Å². The summed E-state index contributed by atoms with van der Waals surface area (Å²) < 4.78 is 8.41. The van der Waals surface area contributed by atoms with E-state index in [0.717, 1.165) is 61.3 Å². The molecule has 0 saturated heterocycles. The second kappa shape index (κ2) is 13.4. The molecule has 0 bridgehead atoms. The van der Waals surface area contributed by atoms with Gasteiger partial charge in [0.05, 0.1) is 30.5 Å². The van der Waals surface area contributed by atoms with Gasteiger partial charge in [0.1, 0.15) is 5.58 Å². The molecule has 241 valence electrons. The molecule has 0 N–H and O–H groups in total. The molecular weight excluding hydrogens is 795 g/mol. The number of rotatable bonds is 4. The van der Waals surface area contributed by atoms with Crippen LogP contribution in [0.2, 0.25) is 19.6 Å². The van der Waals surface area contributed by atoms with Gasteiger partial charge in [-0.2, -0.15) is 0 Å². The summed E-state index contributed by atoms with van der Waals surface area (Å²) in [6.45, 7) is 7.02. The van der Waals surface area contributed by atoms with Crippen LogP contribution in [-0.2, 0) is 20.1 Å². The molecule has 9 aromatic rings. The van der Waals surface area contributed by atoms with E-state index in [1.165, 1.54) is 16.0 Å². The second-order valence-electron chi connectivity index (χ2n) is 12.9. The number of fused-ring (bicyclic) bond motifs is 5. The summed E-state index contributed by atoms with van der Waals surface area (Å²) in [5.74, 6) is 0.831. The molecule has 6 heteroatoms. The Morgan fingerprint density at radius 2 is 1.33 bits per heavy atom. The predicted molar refractivity (Wildman–Crippen MR) is 202 cm³/mol. The van der Waals surface area contributed by atoms with Gasteiger partial charge in [-0.25, -0.2) is 0 Å². The maximum absolute atomic E-state index is 6.24. The number of pyridine rings is 1. The molecule has 0 aliphatic rings. The van der Waals surface area contributed by atoms with Crippen molar-refractivity contribution < 1.29 is 24.5 Å². The van der Waals surface area contributed by atoms with Gasteiger partial charge in [-0.1, -0.05) is 121 Å². The van der Waals surface area contributed by atoms with Crippen molar-refractivity contribution in [2.24, 2.45) is 0 Å². The largest absolute Gasteiger partial charge is 0.501 e. The van der Waals surface area contributed by atoms with Crippen LogP contribution in [0.3, 0.4) is 0 Å². The number of hydrogen-bond acceptors (Lipinski definition) is 3. The number of nitrogens with zero attached hydrogens (tertiary/aromatic N) is 3. The Kier molecular flexibility index (Phi) is 8.87. The van der Waals surface area contributed by atoms with Crippen molar-refractivity contribution in [3.05, 3.63) is 158 Å². The van der Waals surface area contributed by atoms with Gasteiger partial charge in [0.15, 0.2) is 0 Å². The molecule has 0 atom stereocenters. The molecule has 0 saturated carbocycles. The Labute approximate surface area is 300 Å². The van der Waals surface area contributed by atoms with Gasteiger partial charge >= 0.3 is 0 Å². The zero-order valence-corrected chi connectivity index (χ0v) is 30.8. The van der Waals surface area contributed by atoms with Crippen LogP contribution >= 0.6 is 0 Å². The Balaban J connectivity index is 0.000000160. The van der Waals surface area contributed by atoms with Crippen LogP contribution in [-0.4, -0.2) is 22.6 Å². The number of furan rings is 1. The predicted octanol–water partition coefficient (Wildman–Crippen LogP) is 10.6. The van der Waals surface area contributed by atoms with Gasteiger partial charge in [0, 0.05) is 37.4 Å². The van der Waals surface area contributed by atoms with Gasteiger partial charge in [-0.3, -0.25) is 4.98 Å². The third kappa shape index (κ3) is 6.15. The first-order chi connectivity index (χ1) is 23.5. The molecular formula is C43H33IrN3OSi-2. The van der Waals surface area contributed by atoms with Crippen molar-refractivity contribution in [3.8, 4) is 28.3 Å². The van der Waals surface area contributed by atoms with Crippen molar-refractivity contribution >= 4 is 57.0 Å². The molecule has 0 amide bonds. The summed E-state index contributed by atoms with van der Waals surface area (Å²) in [5, 5.41) is 6.02. The summed E-state index contributed by atoms with van der Waals surface area (Å²) in [4.78, 5) is 9.62. The summed E-state index contributed by atoms with van der Waals surface area (Å²) in [6, 6.07) is 54.1. The number of para-hydroxylation sites is 4. The molecule has 3 heterocycles. The van der Waals surface area contributed by atoms with Crippen molar-refractivity contribution in [3.63, 3.8) is 0 Å². The van der Waals surface area contributed by atoms with Crippen LogP contribution in [0.4, 0.5) is 0 Å². The molecule has 49 heavy (non-hydrogen) atoms. The zero-order chi connectivity index (χ0) is 32.7. The van der Waals surface area contributed by atoms with E-state index in [-0.39, 0.29) is 20.1 Å². The smallest absolute Gasteiger partial charge is 0.120 e. The van der Waals surface area contributed by atoms with Crippen molar-refractivity contribution in [2.45, 2.75) is 19.6 Å². The fourth-order valence-corrected chi connectivity index (χ4v) is 7.28. The van der Waals surface area contributed by atoms with Crippen molar-refractivity contribution in [1.29, 1.82) is 0 Å². The fourth-order valence-electron chi connectivity index (χ4n) is 6.25. The molecule has 0 aliphatic heterocycles. The third-order valence-corrected chi connectivity index (χ3v) is 10.8. The molecule has 9 rings (SSSR count). The van der Waals surface area contributed by atoms with Gasteiger partial charge < -0.3 is 14.0 Å². The van der Waals surface area contributed by atoms with E-state index in [2.05, 4.69) is 114 Å². The minimum absolute atomic E-state index is 0. The van der Waals surface area contributed by atoms with Gasteiger partial charge in [-0.05, 0) is 41.2 Å². The number of aromatic nitrogens is 3. The topological polar surface area (TPSA) is 43.9 Å². The molecule has 0 aliphatic carbocycles. The molecule has 3 aromatic heterocycles. The molecule has 0 unspecified atom stereocenters. The van der Waals surface area contributed by atoms with Crippen LogP contribution in [0.5, 0.6) is 0 Å². The van der Waals surface area contributed by atoms with E-state index >= 15 is 0 Å². The Morgan fingerprint density at radius 1 is 0.633 bits per heavy atom. The molecule has 0 fully saturated rings. The van der Waals surface area contributed by atoms with Crippen LogP contribution in [0.1, 0.15) is 0 Å². The van der Waals surface area contributed by atoms with E-state index in [1.807, 2.05) is 72.9 Å². The minimum Gasteiger partial charge on any atom is -0.501 e. The standard InChI is InChI=1S/C25H15N2O.C18H18NSi.Ir/c1-2-9-17(10-3-1)27-22-15-6-5-14-21(22)26-25(27)20-13-8-12-19-18-11-4-7-16-23(18)28-24(19)20;1-20(2,3)15-11-12-18(19-13-15)17-10-6-8-14-7-4-5-9-16(14)17;/h1-12,14-16H;4-9,11-13H,1-3H3;/q2*-1;. The second-order valence-corrected chi connectivity index (χ2v) is 18.0. The van der Waals surface area contributed by atoms with Gasteiger partial charge in [-0.15, -0.1) is 47.3 Å². The summed E-state index contributed by atoms with van der Waals surface area (Å²) in [5.41, 5.74) is 7.72. The maximum atomic E-state index is 6.24. The van der Waals surface area contributed by atoms with E-state index in [4.69, 9.17) is 9.40 Å². The van der Waals surface area contributed by atoms with E-state index < -0.39 is 8.07 Å². The van der Waals surface area contributed by atoms with Gasteiger partial charge in [0.2, 0.25) is 0 Å². The van der Waals surface area contributed by atoms with E-state index in [1.54, 1.807) is 0 Å². The number of benzene rings is 6. The summed E-state index contributed by atoms with van der Waals surface area (Å²) >= 11 is 0.